The van der Waals surface area contributed by atoms with E-state index in [0.29, 0.717) is 5.91 Å². The summed E-state index contributed by atoms with van der Waals surface area (Å²) >= 11 is 0. The number of amides is 1. The zero-order chi connectivity index (χ0) is 15.7. The SMILES string of the molecule is O=C1CCC2(CCCN(CCc3ccccc3)C2)N1CC1CC1. The highest BCUT2D eigenvalue weighted by Gasteiger charge is 2.48. The maximum absolute atomic E-state index is 12.4. The van der Waals surface area contributed by atoms with Crippen molar-refractivity contribution in [3.63, 3.8) is 0 Å². The second-order valence-corrected chi connectivity index (χ2v) is 7.79. The Morgan fingerprint density at radius 3 is 2.74 bits per heavy atom. The predicted molar refractivity (Wildman–Crippen MR) is 92.2 cm³/mol. The molecule has 0 radical (unpaired) electrons. The summed E-state index contributed by atoms with van der Waals surface area (Å²) in [7, 11) is 0. The molecule has 23 heavy (non-hydrogen) atoms. The highest BCUT2D eigenvalue weighted by molar-refractivity contribution is 5.80. The van der Waals surface area contributed by atoms with Crippen LogP contribution in [0.5, 0.6) is 0 Å². The lowest BCUT2D eigenvalue weighted by Gasteiger charge is -2.46. The van der Waals surface area contributed by atoms with Gasteiger partial charge >= 0.3 is 0 Å². The molecule has 1 spiro atoms. The van der Waals surface area contributed by atoms with Crippen LogP contribution < -0.4 is 0 Å². The summed E-state index contributed by atoms with van der Waals surface area (Å²) in [5.74, 6) is 1.22. The highest BCUT2D eigenvalue weighted by atomic mass is 16.2. The van der Waals surface area contributed by atoms with Crippen molar-refractivity contribution in [1.29, 1.82) is 0 Å². The molecule has 1 atom stereocenters. The normalized spacial score (nSPS) is 28.7. The van der Waals surface area contributed by atoms with Gasteiger partial charge in [-0.05, 0) is 56.6 Å². The topological polar surface area (TPSA) is 23.6 Å². The summed E-state index contributed by atoms with van der Waals surface area (Å²) in [6.07, 6.45) is 8.10. The number of piperidine rings is 1. The highest BCUT2D eigenvalue weighted by Crippen LogP contribution is 2.41. The summed E-state index contributed by atoms with van der Waals surface area (Å²) < 4.78 is 0. The van der Waals surface area contributed by atoms with Crippen LogP contribution in [-0.4, -0.2) is 47.4 Å². The molecule has 4 rings (SSSR count). The summed E-state index contributed by atoms with van der Waals surface area (Å²) in [5, 5.41) is 0. The van der Waals surface area contributed by atoms with Gasteiger partial charge in [-0.15, -0.1) is 0 Å². The van der Waals surface area contributed by atoms with Gasteiger partial charge in [0.05, 0.1) is 5.54 Å². The Balaban J connectivity index is 1.40. The number of nitrogens with zero attached hydrogens (tertiary/aromatic N) is 2. The van der Waals surface area contributed by atoms with Crippen molar-refractivity contribution in [2.75, 3.05) is 26.2 Å². The van der Waals surface area contributed by atoms with Gasteiger partial charge in [-0.2, -0.15) is 0 Å². The number of carbonyl (C=O) groups excluding carboxylic acids is 1. The van der Waals surface area contributed by atoms with Crippen molar-refractivity contribution in [2.45, 2.75) is 50.5 Å². The van der Waals surface area contributed by atoms with Crippen LogP contribution in [0.3, 0.4) is 0 Å². The molecule has 3 nitrogen and oxygen atoms in total. The first-order chi connectivity index (χ1) is 11.3. The summed E-state index contributed by atoms with van der Waals surface area (Å²) in [4.78, 5) is 17.3. The standard InChI is InChI=1S/C20H28N2O/c23-19-9-12-20(22(19)15-18-7-8-18)11-4-13-21(16-20)14-10-17-5-2-1-3-6-17/h1-3,5-6,18H,4,7-16H2. The van der Waals surface area contributed by atoms with E-state index in [-0.39, 0.29) is 5.54 Å². The lowest BCUT2D eigenvalue weighted by atomic mass is 9.86. The van der Waals surface area contributed by atoms with Gasteiger partial charge in [0.25, 0.3) is 0 Å². The van der Waals surface area contributed by atoms with E-state index in [4.69, 9.17) is 0 Å². The molecule has 3 aliphatic rings. The average molecular weight is 312 g/mol. The van der Waals surface area contributed by atoms with Gasteiger partial charge in [0.15, 0.2) is 0 Å². The third-order valence-corrected chi connectivity index (χ3v) is 6.01. The van der Waals surface area contributed by atoms with E-state index >= 15 is 0 Å². The Labute approximate surface area is 139 Å². The minimum Gasteiger partial charge on any atom is -0.335 e. The minimum atomic E-state index is 0.161. The quantitative estimate of drug-likeness (QED) is 0.834. The van der Waals surface area contributed by atoms with E-state index in [9.17, 15) is 4.79 Å². The van der Waals surface area contributed by atoms with Crippen LogP contribution in [0.2, 0.25) is 0 Å². The maximum Gasteiger partial charge on any atom is 0.223 e. The van der Waals surface area contributed by atoms with Crippen LogP contribution in [0.25, 0.3) is 0 Å². The number of hydrogen-bond donors (Lipinski definition) is 0. The smallest absolute Gasteiger partial charge is 0.223 e. The molecule has 1 aromatic rings. The molecule has 2 heterocycles. The third-order valence-electron chi connectivity index (χ3n) is 6.01. The van der Waals surface area contributed by atoms with Crippen LogP contribution >= 0.6 is 0 Å². The maximum atomic E-state index is 12.4. The molecule has 3 fully saturated rings. The molecule has 0 aromatic heterocycles. The first kappa shape index (κ1) is 15.2. The molecule has 1 saturated carbocycles. The van der Waals surface area contributed by atoms with E-state index in [1.807, 2.05) is 0 Å². The van der Waals surface area contributed by atoms with Crippen LogP contribution in [0, 0.1) is 5.92 Å². The van der Waals surface area contributed by atoms with E-state index in [0.717, 1.165) is 44.8 Å². The Hall–Kier alpha value is -1.35. The zero-order valence-corrected chi connectivity index (χ0v) is 14.0. The fraction of sp³-hybridized carbons (Fsp3) is 0.650. The second-order valence-electron chi connectivity index (χ2n) is 7.79. The van der Waals surface area contributed by atoms with Crippen molar-refractivity contribution in [3.05, 3.63) is 35.9 Å². The van der Waals surface area contributed by atoms with Crippen LogP contribution in [0.4, 0.5) is 0 Å². The van der Waals surface area contributed by atoms with Crippen molar-refractivity contribution < 1.29 is 4.79 Å². The summed E-state index contributed by atoms with van der Waals surface area (Å²) in [6, 6.07) is 10.8. The van der Waals surface area contributed by atoms with Crippen LogP contribution in [0.1, 0.15) is 44.1 Å². The summed E-state index contributed by atoms with van der Waals surface area (Å²) in [6.45, 7) is 4.45. The molecule has 3 heteroatoms. The average Bonchev–Trinajstić information content (AvgIpc) is 3.36. The zero-order valence-electron chi connectivity index (χ0n) is 14.0. The summed E-state index contributed by atoms with van der Waals surface area (Å²) in [5.41, 5.74) is 1.58. The first-order valence-electron chi connectivity index (χ1n) is 9.32. The number of rotatable bonds is 5. The molecule has 124 valence electrons. The Morgan fingerprint density at radius 2 is 1.96 bits per heavy atom. The largest absolute Gasteiger partial charge is 0.335 e. The second kappa shape index (κ2) is 6.27. The number of likely N-dealkylation sites (tertiary alicyclic amines) is 2. The van der Waals surface area contributed by atoms with Gasteiger partial charge in [0.2, 0.25) is 5.91 Å². The van der Waals surface area contributed by atoms with Gasteiger partial charge in [0.1, 0.15) is 0 Å². The minimum absolute atomic E-state index is 0.161. The molecule has 0 bridgehead atoms. The number of carbonyl (C=O) groups is 1. The van der Waals surface area contributed by atoms with Crippen molar-refractivity contribution in [2.24, 2.45) is 5.92 Å². The molecule has 1 aromatic carbocycles. The number of hydrogen-bond acceptors (Lipinski definition) is 2. The van der Waals surface area contributed by atoms with Crippen molar-refractivity contribution in [1.82, 2.24) is 9.80 Å². The van der Waals surface area contributed by atoms with Gasteiger partial charge in [-0.3, -0.25) is 4.79 Å². The predicted octanol–water partition coefficient (Wildman–Crippen LogP) is 3.10. The van der Waals surface area contributed by atoms with E-state index in [1.54, 1.807) is 0 Å². The van der Waals surface area contributed by atoms with E-state index in [1.165, 1.54) is 37.8 Å². The van der Waals surface area contributed by atoms with Gasteiger partial charge in [-0.1, -0.05) is 30.3 Å². The molecular formula is C20H28N2O. The van der Waals surface area contributed by atoms with Crippen molar-refractivity contribution in [3.8, 4) is 0 Å². The first-order valence-corrected chi connectivity index (χ1v) is 9.32. The lowest BCUT2D eigenvalue weighted by Crippen LogP contribution is -2.57. The van der Waals surface area contributed by atoms with Gasteiger partial charge in [0, 0.05) is 26.1 Å². The molecule has 1 amide bonds. The molecule has 0 N–H and O–H groups in total. The Morgan fingerprint density at radius 1 is 1.13 bits per heavy atom. The fourth-order valence-corrected chi connectivity index (χ4v) is 4.48. The fourth-order valence-electron chi connectivity index (χ4n) is 4.48. The van der Waals surface area contributed by atoms with Crippen LogP contribution in [0.15, 0.2) is 30.3 Å². The van der Waals surface area contributed by atoms with Gasteiger partial charge in [-0.25, -0.2) is 0 Å². The van der Waals surface area contributed by atoms with Crippen molar-refractivity contribution >= 4 is 5.91 Å². The van der Waals surface area contributed by atoms with E-state index < -0.39 is 0 Å². The molecule has 2 saturated heterocycles. The molecular weight excluding hydrogens is 284 g/mol. The lowest BCUT2D eigenvalue weighted by molar-refractivity contribution is -0.133. The Bertz CT molecular complexity index is 554. The van der Waals surface area contributed by atoms with Crippen LogP contribution in [-0.2, 0) is 11.2 Å². The monoisotopic (exact) mass is 312 g/mol. The Kier molecular flexibility index (Phi) is 4.14. The molecule has 2 aliphatic heterocycles. The third kappa shape index (κ3) is 3.30. The number of benzene rings is 1. The molecule has 1 aliphatic carbocycles. The molecule has 1 unspecified atom stereocenters. The van der Waals surface area contributed by atoms with Gasteiger partial charge < -0.3 is 9.80 Å². The van der Waals surface area contributed by atoms with E-state index in [2.05, 4.69) is 40.1 Å².